The molecule has 0 spiro atoms. The van der Waals surface area contributed by atoms with Crippen molar-refractivity contribution >= 4 is 37.8 Å². The van der Waals surface area contributed by atoms with Gasteiger partial charge >= 0.3 is 0 Å². The Labute approximate surface area is 143 Å². The summed E-state index contributed by atoms with van der Waals surface area (Å²) in [5.74, 6) is 0.765. The van der Waals surface area contributed by atoms with Crippen molar-refractivity contribution in [2.24, 2.45) is 0 Å². The summed E-state index contributed by atoms with van der Waals surface area (Å²) in [6, 6.07) is 6.27. The number of amides is 1. The van der Waals surface area contributed by atoms with Crippen LogP contribution in [0.5, 0.6) is 5.75 Å². The van der Waals surface area contributed by atoms with Gasteiger partial charge in [0.1, 0.15) is 5.75 Å². The first-order valence-electron chi connectivity index (χ1n) is 7.34. The van der Waals surface area contributed by atoms with Crippen LogP contribution < -0.4 is 4.74 Å². The summed E-state index contributed by atoms with van der Waals surface area (Å²) in [6.45, 7) is 6.07. The Bertz CT molecular complexity index is 511. The molecule has 0 aromatic heterocycles. The number of carbonyl (C=O) groups is 1. The smallest absolute Gasteiger partial charge is 0.263 e. The first-order chi connectivity index (χ1) is 9.90. The fourth-order valence-corrected chi connectivity index (χ4v) is 4.02. The van der Waals surface area contributed by atoms with Crippen LogP contribution in [0.3, 0.4) is 0 Å². The van der Waals surface area contributed by atoms with Gasteiger partial charge in [-0.1, -0.05) is 15.9 Å². The Balaban J connectivity index is 2.08. The highest BCUT2D eigenvalue weighted by Crippen LogP contribution is 2.30. The van der Waals surface area contributed by atoms with Crippen LogP contribution in [-0.2, 0) is 4.79 Å². The third-order valence-corrected chi connectivity index (χ3v) is 5.11. The van der Waals surface area contributed by atoms with Crippen molar-refractivity contribution in [3.8, 4) is 5.75 Å². The molecule has 0 radical (unpaired) electrons. The molecule has 0 bridgehead atoms. The van der Waals surface area contributed by atoms with E-state index in [0.29, 0.717) is 17.8 Å². The van der Waals surface area contributed by atoms with Crippen LogP contribution in [0.1, 0.15) is 40.0 Å². The number of halogens is 2. The van der Waals surface area contributed by atoms with E-state index in [1.165, 1.54) is 6.42 Å². The summed E-state index contributed by atoms with van der Waals surface area (Å²) in [4.78, 5) is 14.7. The Morgan fingerprint density at radius 1 is 1.29 bits per heavy atom. The normalized spacial score (nSPS) is 23.8. The van der Waals surface area contributed by atoms with Crippen molar-refractivity contribution < 1.29 is 9.53 Å². The average Bonchev–Trinajstić information content (AvgIpc) is 2.41. The summed E-state index contributed by atoms with van der Waals surface area (Å²) in [6.07, 6.45) is 2.86. The van der Waals surface area contributed by atoms with E-state index >= 15 is 0 Å². The molecule has 0 saturated carbocycles. The molecule has 1 aromatic rings. The predicted octanol–water partition coefficient (Wildman–Crippen LogP) is 4.77. The minimum absolute atomic E-state index is 0.0736. The standard InChI is InChI=1S/C16H21Br2NO2/c1-10-5-4-6-11(2)19(10)16(20)12(3)21-15-8-7-13(17)9-14(15)18/h7-12H,4-6H2,1-3H3/t10-,11+,12-/m1/s1. The molecule has 3 nitrogen and oxygen atoms in total. The zero-order valence-corrected chi connectivity index (χ0v) is 15.8. The predicted molar refractivity (Wildman–Crippen MR) is 91.6 cm³/mol. The summed E-state index contributed by atoms with van der Waals surface area (Å²) >= 11 is 6.87. The minimum Gasteiger partial charge on any atom is -0.480 e. The monoisotopic (exact) mass is 417 g/mol. The van der Waals surface area contributed by atoms with Crippen LogP contribution in [0.15, 0.2) is 27.1 Å². The molecule has 0 aliphatic carbocycles. The van der Waals surface area contributed by atoms with E-state index in [1.54, 1.807) is 0 Å². The lowest BCUT2D eigenvalue weighted by Gasteiger charge is -2.40. The number of likely N-dealkylation sites (tertiary alicyclic amines) is 1. The van der Waals surface area contributed by atoms with Gasteiger partial charge in [-0.2, -0.15) is 0 Å². The maximum Gasteiger partial charge on any atom is 0.263 e. The minimum atomic E-state index is -0.481. The van der Waals surface area contributed by atoms with Crippen LogP contribution in [0.25, 0.3) is 0 Å². The number of hydrogen-bond acceptors (Lipinski definition) is 2. The molecule has 1 fully saturated rings. The third kappa shape index (κ3) is 4.01. The van der Waals surface area contributed by atoms with Crippen molar-refractivity contribution in [3.05, 3.63) is 27.1 Å². The molecule has 1 saturated heterocycles. The van der Waals surface area contributed by atoms with Gasteiger partial charge in [-0.05, 0) is 74.2 Å². The van der Waals surface area contributed by atoms with E-state index in [4.69, 9.17) is 4.74 Å². The van der Waals surface area contributed by atoms with Gasteiger partial charge in [0.15, 0.2) is 6.10 Å². The van der Waals surface area contributed by atoms with Crippen LogP contribution in [-0.4, -0.2) is 29.0 Å². The third-order valence-electron chi connectivity index (χ3n) is 3.99. The van der Waals surface area contributed by atoms with Crippen molar-refractivity contribution in [3.63, 3.8) is 0 Å². The summed E-state index contributed by atoms with van der Waals surface area (Å²) < 4.78 is 7.67. The van der Waals surface area contributed by atoms with E-state index in [1.807, 2.05) is 30.0 Å². The highest BCUT2D eigenvalue weighted by Gasteiger charge is 2.32. The van der Waals surface area contributed by atoms with Gasteiger partial charge in [0, 0.05) is 16.6 Å². The van der Waals surface area contributed by atoms with Crippen LogP contribution in [0.2, 0.25) is 0 Å². The molecule has 1 heterocycles. The lowest BCUT2D eigenvalue weighted by molar-refractivity contribution is -0.144. The molecule has 116 valence electrons. The second kappa shape index (κ2) is 7.14. The molecule has 0 N–H and O–H groups in total. The SMILES string of the molecule is C[C@@H]1CCC[C@H](C)N1C(=O)[C@@H](C)Oc1ccc(Br)cc1Br. The topological polar surface area (TPSA) is 29.5 Å². The lowest BCUT2D eigenvalue weighted by Crippen LogP contribution is -2.51. The van der Waals surface area contributed by atoms with Crippen molar-refractivity contribution in [2.45, 2.75) is 58.2 Å². The van der Waals surface area contributed by atoms with Gasteiger partial charge in [-0.3, -0.25) is 4.79 Å². The van der Waals surface area contributed by atoms with Crippen molar-refractivity contribution in [1.29, 1.82) is 0 Å². The zero-order valence-electron chi connectivity index (χ0n) is 12.6. The molecule has 21 heavy (non-hydrogen) atoms. The molecule has 1 aliphatic heterocycles. The second-order valence-corrected chi connectivity index (χ2v) is 7.48. The van der Waals surface area contributed by atoms with Crippen LogP contribution in [0.4, 0.5) is 0 Å². The average molecular weight is 419 g/mol. The summed E-state index contributed by atoms with van der Waals surface area (Å²) in [7, 11) is 0. The molecule has 5 heteroatoms. The first-order valence-corrected chi connectivity index (χ1v) is 8.92. The van der Waals surface area contributed by atoms with Gasteiger partial charge in [0.25, 0.3) is 5.91 Å². The number of ether oxygens (including phenoxy) is 1. The summed E-state index contributed by atoms with van der Waals surface area (Å²) in [5.41, 5.74) is 0. The first kappa shape index (κ1) is 16.8. The maximum absolute atomic E-state index is 12.7. The molecule has 1 aromatic carbocycles. The van der Waals surface area contributed by atoms with E-state index in [-0.39, 0.29) is 5.91 Å². The number of hydrogen-bond donors (Lipinski definition) is 0. The van der Waals surface area contributed by atoms with E-state index in [9.17, 15) is 4.79 Å². The quantitative estimate of drug-likeness (QED) is 0.707. The van der Waals surface area contributed by atoms with Crippen LogP contribution >= 0.6 is 31.9 Å². The fourth-order valence-electron chi connectivity index (χ4n) is 2.88. The lowest BCUT2D eigenvalue weighted by atomic mass is 9.97. The summed E-state index contributed by atoms with van der Waals surface area (Å²) in [5, 5.41) is 0. The molecule has 1 aliphatic rings. The molecular weight excluding hydrogens is 398 g/mol. The Morgan fingerprint density at radius 3 is 2.48 bits per heavy atom. The largest absolute Gasteiger partial charge is 0.480 e. The van der Waals surface area contributed by atoms with Gasteiger partial charge in [0.2, 0.25) is 0 Å². The zero-order chi connectivity index (χ0) is 15.6. The molecular formula is C16H21Br2NO2. The number of rotatable bonds is 3. The highest BCUT2D eigenvalue weighted by atomic mass is 79.9. The van der Waals surface area contributed by atoms with Gasteiger partial charge in [-0.25, -0.2) is 0 Å². The van der Waals surface area contributed by atoms with Gasteiger partial charge in [0.05, 0.1) is 4.47 Å². The second-order valence-electron chi connectivity index (χ2n) is 5.71. The molecule has 2 rings (SSSR count). The molecule has 3 atom stereocenters. The number of piperidine rings is 1. The van der Waals surface area contributed by atoms with Crippen molar-refractivity contribution in [2.75, 3.05) is 0 Å². The maximum atomic E-state index is 12.7. The number of nitrogens with zero attached hydrogens (tertiary/aromatic N) is 1. The Kier molecular flexibility index (Phi) is 5.72. The van der Waals surface area contributed by atoms with Crippen molar-refractivity contribution in [1.82, 2.24) is 4.90 Å². The van der Waals surface area contributed by atoms with Gasteiger partial charge < -0.3 is 9.64 Å². The fraction of sp³-hybridized carbons (Fsp3) is 0.562. The van der Waals surface area contributed by atoms with Crippen LogP contribution in [0, 0.1) is 0 Å². The number of carbonyl (C=O) groups excluding carboxylic acids is 1. The van der Waals surface area contributed by atoms with E-state index < -0.39 is 6.10 Å². The number of benzene rings is 1. The Morgan fingerprint density at radius 2 is 1.90 bits per heavy atom. The molecule has 1 amide bonds. The molecule has 0 unspecified atom stereocenters. The Hall–Kier alpha value is -0.550. The highest BCUT2D eigenvalue weighted by molar-refractivity contribution is 9.11. The van der Waals surface area contributed by atoms with Gasteiger partial charge in [-0.15, -0.1) is 0 Å². The van der Waals surface area contributed by atoms with E-state index in [2.05, 4.69) is 45.7 Å². The van der Waals surface area contributed by atoms with E-state index in [0.717, 1.165) is 21.8 Å².